The van der Waals surface area contributed by atoms with E-state index >= 15 is 0 Å². The van der Waals surface area contributed by atoms with Gasteiger partial charge in [-0.3, -0.25) is 9.55 Å². The average molecular weight is 238 g/mol. The summed E-state index contributed by atoms with van der Waals surface area (Å²) in [5.74, 6) is 0.837. The SMILES string of the molecule is CNc1nc(C)cn1-c1cccc2ccncc12. The summed E-state index contributed by atoms with van der Waals surface area (Å²) in [6.07, 6.45) is 5.72. The van der Waals surface area contributed by atoms with Gasteiger partial charge in [0.25, 0.3) is 0 Å². The van der Waals surface area contributed by atoms with Crippen molar-refractivity contribution in [3.63, 3.8) is 0 Å². The summed E-state index contributed by atoms with van der Waals surface area (Å²) in [7, 11) is 1.88. The first-order valence-electron chi connectivity index (χ1n) is 5.86. The summed E-state index contributed by atoms with van der Waals surface area (Å²) in [6, 6.07) is 8.23. The molecule has 4 nitrogen and oxygen atoms in total. The molecule has 0 radical (unpaired) electrons. The molecular formula is C14H14N4. The van der Waals surface area contributed by atoms with E-state index in [0.717, 1.165) is 22.7 Å². The van der Waals surface area contributed by atoms with E-state index in [4.69, 9.17) is 0 Å². The van der Waals surface area contributed by atoms with Gasteiger partial charge in [0.1, 0.15) is 0 Å². The number of aromatic nitrogens is 3. The van der Waals surface area contributed by atoms with Gasteiger partial charge in [0.15, 0.2) is 0 Å². The maximum atomic E-state index is 4.44. The molecule has 90 valence electrons. The average Bonchev–Trinajstić information content (AvgIpc) is 2.79. The van der Waals surface area contributed by atoms with Gasteiger partial charge in [0.2, 0.25) is 5.95 Å². The summed E-state index contributed by atoms with van der Waals surface area (Å²) >= 11 is 0. The van der Waals surface area contributed by atoms with Gasteiger partial charge in [-0.1, -0.05) is 12.1 Å². The van der Waals surface area contributed by atoms with E-state index in [0.29, 0.717) is 0 Å². The topological polar surface area (TPSA) is 42.7 Å². The van der Waals surface area contributed by atoms with Crippen molar-refractivity contribution in [1.82, 2.24) is 14.5 Å². The van der Waals surface area contributed by atoms with Crippen molar-refractivity contribution in [3.8, 4) is 5.69 Å². The predicted octanol–water partition coefficient (Wildman–Crippen LogP) is 2.77. The highest BCUT2D eigenvalue weighted by Crippen LogP contribution is 2.24. The Bertz CT molecular complexity index is 695. The van der Waals surface area contributed by atoms with Crippen LogP contribution in [0.4, 0.5) is 5.95 Å². The van der Waals surface area contributed by atoms with Gasteiger partial charge in [-0.15, -0.1) is 0 Å². The summed E-state index contributed by atoms with van der Waals surface area (Å²) < 4.78 is 2.05. The molecule has 0 amide bonds. The molecule has 2 heterocycles. The smallest absolute Gasteiger partial charge is 0.207 e. The molecule has 1 N–H and O–H groups in total. The molecule has 0 aliphatic heterocycles. The molecule has 18 heavy (non-hydrogen) atoms. The van der Waals surface area contributed by atoms with Gasteiger partial charge < -0.3 is 5.32 Å². The van der Waals surface area contributed by atoms with Crippen molar-refractivity contribution in [2.45, 2.75) is 6.92 Å². The highest BCUT2D eigenvalue weighted by molar-refractivity contribution is 5.89. The van der Waals surface area contributed by atoms with E-state index in [1.807, 2.05) is 44.7 Å². The molecule has 4 heteroatoms. The molecule has 3 aromatic rings. The zero-order valence-electron chi connectivity index (χ0n) is 10.4. The minimum atomic E-state index is 0.837. The second kappa shape index (κ2) is 4.14. The Balaban J connectivity index is 2.31. The molecule has 0 saturated carbocycles. The quantitative estimate of drug-likeness (QED) is 0.746. The highest BCUT2D eigenvalue weighted by atomic mass is 15.2. The fourth-order valence-corrected chi connectivity index (χ4v) is 2.17. The maximum Gasteiger partial charge on any atom is 0.207 e. The predicted molar refractivity (Wildman–Crippen MR) is 73.1 cm³/mol. The van der Waals surface area contributed by atoms with Crippen molar-refractivity contribution in [2.75, 3.05) is 12.4 Å². The first kappa shape index (κ1) is 10.8. The number of benzene rings is 1. The summed E-state index contributed by atoms with van der Waals surface area (Å²) in [4.78, 5) is 8.65. The van der Waals surface area contributed by atoms with Crippen LogP contribution in [0, 0.1) is 6.92 Å². The lowest BCUT2D eigenvalue weighted by Gasteiger charge is -2.09. The number of nitrogens with one attached hydrogen (secondary N) is 1. The van der Waals surface area contributed by atoms with Crippen LogP contribution in [0.5, 0.6) is 0 Å². The number of nitrogens with zero attached hydrogens (tertiary/aromatic N) is 3. The van der Waals surface area contributed by atoms with Gasteiger partial charge in [0, 0.05) is 31.0 Å². The molecule has 0 aliphatic rings. The Hall–Kier alpha value is -2.36. The molecule has 2 aromatic heterocycles. The number of rotatable bonds is 2. The van der Waals surface area contributed by atoms with Crippen molar-refractivity contribution in [2.24, 2.45) is 0 Å². The van der Waals surface area contributed by atoms with E-state index in [-0.39, 0.29) is 0 Å². The van der Waals surface area contributed by atoms with Crippen LogP contribution in [0.25, 0.3) is 16.5 Å². The molecule has 0 fully saturated rings. The maximum absolute atomic E-state index is 4.44. The van der Waals surface area contributed by atoms with Crippen LogP contribution in [-0.4, -0.2) is 21.6 Å². The van der Waals surface area contributed by atoms with E-state index in [1.54, 1.807) is 0 Å². The van der Waals surface area contributed by atoms with Crippen LogP contribution >= 0.6 is 0 Å². The standard InChI is InChI=1S/C14H14N4/c1-10-9-18(14(15-2)17-10)13-5-3-4-11-6-7-16-8-12(11)13/h3-9H,1-2H3,(H,15,17). The normalized spacial score (nSPS) is 10.8. The van der Waals surface area contributed by atoms with Crippen LogP contribution in [0.3, 0.4) is 0 Å². The number of anilines is 1. The number of pyridine rings is 1. The molecule has 1 aromatic carbocycles. The van der Waals surface area contributed by atoms with Crippen molar-refractivity contribution < 1.29 is 0 Å². The minimum absolute atomic E-state index is 0.837. The number of hydrogen-bond donors (Lipinski definition) is 1. The number of aryl methyl sites for hydroxylation is 1. The third-order valence-corrected chi connectivity index (χ3v) is 2.97. The van der Waals surface area contributed by atoms with Crippen LogP contribution < -0.4 is 5.32 Å². The molecule has 0 saturated heterocycles. The van der Waals surface area contributed by atoms with Crippen molar-refractivity contribution in [1.29, 1.82) is 0 Å². The zero-order chi connectivity index (χ0) is 12.5. The van der Waals surface area contributed by atoms with Gasteiger partial charge in [-0.25, -0.2) is 4.98 Å². The molecule has 0 unspecified atom stereocenters. The van der Waals surface area contributed by atoms with Crippen molar-refractivity contribution >= 4 is 16.7 Å². The fraction of sp³-hybridized carbons (Fsp3) is 0.143. The fourth-order valence-electron chi connectivity index (χ4n) is 2.17. The van der Waals surface area contributed by atoms with Crippen molar-refractivity contribution in [3.05, 3.63) is 48.5 Å². The molecule has 3 rings (SSSR count). The van der Waals surface area contributed by atoms with Gasteiger partial charge in [-0.2, -0.15) is 0 Å². The molecule has 0 bridgehead atoms. The zero-order valence-corrected chi connectivity index (χ0v) is 10.4. The second-order valence-electron chi connectivity index (χ2n) is 4.20. The minimum Gasteiger partial charge on any atom is -0.358 e. The van der Waals surface area contributed by atoms with Crippen LogP contribution in [0.1, 0.15) is 5.69 Å². The molecule has 0 atom stereocenters. The highest BCUT2D eigenvalue weighted by Gasteiger charge is 2.08. The van der Waals surface area contributed by atoms with E-state index in [1.165, 1.54) is 5.39 Å². The Kier molecular flexibility index (Phi) is 2.48. The molecule has 0 aliphatic carbocycles. The first-order chi connectivity index (χ1) is 8.79. The molecular weight excluding hydrogens is 224 g/mol. The lowest BCUT2D eigenvalue weighted by atomic mass is 10.1. The third-order valence-electron chi connectivity index (χ3n) is 2.97. The monoisotopic (exact) mass is 238 g/mol. The Morgan fingerprint density at radius 3 is 2.94 bits per heavy atom. The van der Waals surface area contributed by atoms with Crippen LogP contribution in [0.2, 0.25) is 0 Å². The lowest BCUT2D eigenvalue weighted by molar-refractivity contribution is 1.06. The molecule has 0 spiro atoms. The van der Waals surface area contributed by atoms with E-state index < -0.39 is 0 Å². The van der Waals surface area contributed by atoms with Gasteiger partial charge >= 0.3 is 0 Å². The third kappa shape index (κ3) is 1.62. The second-order valence-corrected chi connectivity index (χ2v) is 4.20. The Morgan fingerprint density at radius 2 is 2.11 bits per heavy atom. The number of hydrogen-bond acceptors (Lipinski definition) is 3. The van der Waals surface area contributed by atoms with Crippen LogP contribution in [-0.2, 0) is 0 Å². The number of imidazole rings is 1. The van der Waals surface area contributed by atoms with Gasteiger partial charge in [-0.05, 0) is 24.4 Å². The first-order valence-corrected chi connectivity index (χ1v) is 5.86. The Morgan fingerprint density at radius 1 is 1.22 bits per heavy atom. The number of fused-ring (bicyclic) bond motifs is 1. The largest absolute Gasteiger partial charge is 0.358 e. The summed E-state index contributed by atoms with van der Waals surface area (Å²) in [5, 5.41) is 5.41. The Labute approximate surface area is 105 Å². The lowest BCUT2D eigenvalue weighted by Crippen LogP contribution is -2.01. The van der Waals surface area contributed by atoms with Gasteiger partial charge in [0.05, 0.1) is 11.4 Å². The summed E-state index contributed by atoms with van der Waals surface area (Å²) in [5.41, 5.74) is 2.07. The van der Waals surface area contributed by atoms with E-state index in [9.17, 15) is 0 Å². The summed E-state index contributed by atoms with van der Waals surface area (Å²) in [6.45, 7) is 1.99. The van der Waals surface area contributed by atoms with Crippen LogP contribution in [0.15, 0.2) is 42.9 Å². The van der Waals surface area contributed by atoms with E-state index in [2.05, 4.69) is 32.0 Å².